The highest BCUT2D eigenvalue weighted by Crippen LogP contribution is 2.28. The maximum absolute atomic E-state index is 12.5. The Kier molecular flexibility index (Phi) is 3.12. The van der Waals surface area contributed by atoms with E-state index in [1.54, 1.807) is 18.3 Å². The molecule has 1 aliphatic heterocycles. The van der Waals surface area contributed by atoms with E-state index in [9.17, 15) is 8.42 Å². The van der Waals surface area contributed by atoms with Crippen molar-refractivity contribution in [3.05, 3.63) is 46.7 Å². The Balaban J connectivity index is 1.95. The molecular weight excluding hydrogens is 300 g/mol. The summed E-state index contributed by atoms with van der Waals surface area (Å²) in [6, 6.07) is 6.19. The van der Waals surface area contributed by atoms with Crippen molar-refractivity contribution in [1.82, 2.24) is 14.3 Å². The number of hydrogen-bond acceptors (Lipinski definition) is 5. The molecule has 0 amide bonds. The molecule has 0 fully saturated rings. The van der Waals surface area contributed by atoms with Gasteiger partial charge in [-0.15, -0.1) is 0 Å². The van der Waals surface area contributed by atoms with E-state index in [0.29, 0.717) is 10.7 Å². The summed E-state index contributed by atoms with van der Waals surface area (Å²) in [5.74, 6) is 0.144. The third-order valence-corrected chi connectivity index (χ3v) is 5.10. The molecule has 0 saturated carbocycles. The number of halogens is 1. The van der Waals surface area contributed by atoms with Crippen LogP contribution in [0.2, 0.25) is 5.02 Å². The number of fused-ring (bicyclic) bond motifs is 1. The maximum Gasteiger partial charge on any atom is 0.243 e. The molecule has 20 heavy (non-hydrogen) atoms. The third kappa shape index (κ3) is 2.24. The molecule has 0 radical (unpaired) electrons. The lowest BCUT2D eigenvalue weighted by Gasteiger charge is -2.15. The van der Waals surface area contributed by atoms with E-state index in [2.05, 4.69) is 9.97 Å². The lowest BCUT2D eigenvalue weighted by molar-refractivity contribution is 0.430. The smallest absolute Gasteiger partial charge is 0.243 e. The fourth-order valence-corrected chi connectivity index (χ4v) is 3.77. The molecule has 1 aromatic heterocycles. The minimum Gasteiger partial charge on any atom is -0.368 e. The average molecular weight is 311 g/mol. The van der Waals surface area contributed by atoms with Crippen molar-refractivity contribution in [2.75, 3.05) is 5.73 Å². The van der Waals surface area contributed by atoms with E-state index in [0.717, 1.165) is 5.56 Å². The number of rotatable bonds is 2. The standard InChI is InChI=1S/C12H11ClN4O2S/c13-9-2-1-3-10(4-9)20(18,19)17-6-8-5-15-12(14)16-11(8)7-17/h1-5H,6-7H2,(H2,14,15,16). The molecule has 0 atom stereocenters. The predicted octanol–water partition coefficient (Wildman–Crippen LogP) is 1.42. The molecule has 3 rings (SSSR count). The van der Waals surface area contributed by atoms with Gasteiger partial charge in [-0.2, -0.15) is 4.31 Å². The van der Waals surface area contributed by atoms with E-state index in [1.165, 1.54) is 16.4 Å². The van der Waals surface area contributed by atoms with Crippen molar-refractivity contribution in [2.45, 2.75) is 18.0 Å². The zero-order valence-corrected chi connectivity index (χ0v) is 11.9. The summed E-state index contributed by atoms with van der Waals surface area (Å²) in [4.78, 5) is 8.11. The Morgan fingerprint density at radius 2 is 2.10 bits per heavy atom. The topological polar surface area (TPSA) is 89.2 Å². The normalized spacial score (nSPS) is 15.2. The van der Waals surface area contributed by atoms with Crippen LogP contribution in [0.1, 0.15) is 11.3 Å². The van der Waals surface area contributed by atoms with Gasteiger partial charge in [0.1, 0.15) is 0 Å². The lowest BCUT2D eigenvalue weighted by Crippen LogP contribution is -2.25. The molecule has 6 nitrogen and oxygen atoms in total. The van der Waals surface area contributed by atoms with Crippen LogP contribution in [-0.2, 0) is 23.1 Å². The Hall–Kier alpha value is -1.70. The predicted molar refractivity (Wildman–Crippen MR) is 74.3 cm³/mol. The number of nitrogens with zero attached hydrogens (tertiary/aromatic N) is 3. The lowest BCUT2D eigenvalue weighted by atomic mass is 10.3. The van der Waals surface area contributed by atoms with Crippen LogP contribution >= 0.6 is 11.6 Å². The molecule has 8 heteroatoms. The van der Waals surface area contributed by atoms with Crippen LogP contribution in [0.4, 0.5) is 5.95 Å². The second-order valence-corrected chi connectivity index (χ2v) is 6.80. The molecule has 0 unspecified atom stereocenters. The van der Waals surface area contributed by atoms with E-state index in [-0.39, 0.29) is 23.9 Å². The van der Waals surface area contributed by atoms with E-state index < -0.39 is 10.0 Å². The number of anilines is 1. The molecule has 104 valence electrons. The summed E-state index contributed by atoms with van der Waals surface area (Å²) in [7, 11) is -3.60. The number of hydrogen-bond donors (Lipinski definition) is 1. The fourth-order valence-electron chi connectivity index (χ4n) is 2.09. The number of nitrogens with two attached hydrogens (primary N) is 1. The van der Waals surface area contributed by atoms with Gasteiger partial charge in [0, 0.05) is 23.3 Å². The van der Waals surface area contributed by atoms with Crippen molar-refractivity contribution in [2.24, 2.45) is 0 Å². The quantitative estimate of drug-likeness (QED) is 0.906. The summed E-state index contributed by atoms with van der Waals surface area (Å²) in [5, 5.41) is 0.381. The molecule has 1 aromatic carbocycles. The van der Waals surface area contributed by atoms with Crippen molar-refractivity contribution in [1.29, 1.82) is 0 Å². The number of sulfonamides is 1. The van der Waals surface area contributed by atoms with Gasteiger partial charge in [-0.1, -0.05) is 17.7 Å². The molecule has 0 spiro atoms. The van der Waals surface area contributed by atoms with E-state index in [1.807, 2.05) is 0 Å². The summed E-state index contributed by atoms with van der Waals surface area (Å²) in [5.41, 5.74) is 6.92. The highest BCUT2D eigenvalue weighted by atomic mass is 35.5. The van der Waals surface area contributed by atoms with E-state index in [4.69, 9.17) is 17.3 Å². The number of benzene rings is 1. The van der Waals surface area contributed by atoms with Crippen LogP contribution < -0.4 is 5.73 Å². The molecule has 0 aliphatic carbocycles. The number of nitrogen functional groups attached to an aromatic ring is 1. The molecule has 0 bridgehead atoms. The Labute approximate surface area is 121 Å². The molecule has 2 aromatic rings. The molecular formula is C12H11ClN4O2S. The summed E-state index contributed by atoms with van der Waals surface area (Å²) in [6.45, 7) is 0.432. The van der Waals surface area contributed by atoms with Crippen molar-refractivity contribution < 1.29 is 8.42 Å². The van der Waals surface area contributed by atoms with Gasteiger partial charge >= 0.3 is 0 Å². The molecule has 1 aliphatic rings. The van der Waals surface area contributed by atoms with Crippen LogP contribution in [0, 0.1) is 0 Å². The van der Waals surface area contributed by atoms with Crippen LogP contribution in [0.5, 0.6) is 0 Å². The van der Waals surface area contributed by atoms with Crippen LogP contribution in [0.15, 0.2) is 35.4 Å². The van der Waals surface area contributed by atoms with Crippen LogP contribution in [-0.4, -0.2) is 22.7 Å². The first-order chi connectivity index (χ1) is 9.46. The van der Waals surface area contributed by atoms with Gasteiger partial charge in [0.2, 0.25) is 16.0 Å². The highest BCUT2D eigenvalue weighted by Gasteiger charge is 2.31. The monoisotopic (exact) mass is 310 g/mol. The van der Waals surface area contributed by atoms with Gasteiger partial charge in [-0.05, 0) is 18.2 Å². The molecule has 0 saturated heterocycles. The van der Waals surface area contributed by atoms with Crippen LogP contribution in [0.25, 0.3) is 0 Å². The second kappa shape index (κ2) is 4.69. The SMILES string of the molecule is Nc1ncc2c(n1)CN(S(=O)(=O)c1cccc(Cl)c1)C2. The largest absolute Gasteiger partial charge is 0.368 e. The van der Waals surface area contributed by atoms with Gasteiger partial charge in [-0.25, -0.2) is 18.4 Å². The first-order valence-corrected chi connectivity index (χ1v) is 7.64. The summed E-state index contributed by atoms with van der Waals surface area (Å²) in [6.07, 6.45) is 1.56. The fraction of sp³-hybridized carbons (Fsp3) is 0.167. The molecule has 2 heterocycles. The minimum atomic E-state index is -3.60. The summed E-state index contributed by atoms with van der Waals surface area (Å²) < 4.78 is 26.4. The van der Waals surface area contributed by atoms with Gasteiger partial charge in [0.25, 0.3) is 0 Å². The Bertz CT molecular complexity index is 779. The highest BCUT2D eigenvalue weighted by molar-refractivity contribution is 7.89. The Morgan fingerprint density at radius 3 is 2.85 bits per heavy atom. The van der Waals surface area contributed by atoms with Gasteiger partial charge in [-0.3, -0.25) is 0 Å². The van der Waals surface area contributed by atoms with E-state index >= 15 is 0 Å². The maximum atomic E-state index is 12.5. The zero-order valence-electron chi connectivity index (χ0n) is 10.3. The minimum absolute atomic E-state index is 0.144. The third-order valence-electron chi connectivity index (χ3n) is 3.08. The van der Waals surface area contributed by atoms with Gasteiger partial charge in [0.05, 0.1) is 17.1 Å². The molecule has 2 N–H and O–H groups in total. The first kappa shape index (κ1) is 13.3. The van der Waals surface area contributed by atoms with Gasteiger partial charge < -0.3 is 5.73 Å². The van der Waals surface area contributed by atoms with Crippen LogP contribution in [0.3, 0.4) is 0 Å². The number of aromatic nitrogens is 2. The van der Waals surface area contributed by atoms with Crippen molar-refractivity contribution in [3.63, 3.8) is 0 Å². The first-order valence-electron chi connectivity index (χ1n) is 5.83. The van der Waals surface area contributed by atoms with Gasteiger partial charge in [0.15, 0.2) is 0 Å². The second-order valence-electron chi connectivity index (χ2n) is 4.43. The summed E-state index contributed by atoms with van der Waals surface area (Å²) >= 11 is 5.85. The van der Waals surface area contributed by atoms with Crippen molar-refractivity contribution in [3.8, 4) is 0 Å². The zero-order chi connectivity index (χ0) is 14.3. The Morgan fingerprint density at radius 1 is 1.30 bits per heavy atom. The average Bonchev–Trinajstić information content (AvgIpc) is 2.82. The van der Waals surface area contributed by atoms with Crippen molar-refractivity contribution >= 4 is 27.6 Å².